The third-order valence-corrected chi connectivity index (χ3v) is 6.20. The van der Waals surface area contributed by atoms with Gasteiger partial charge in [-0.2, -0.15) is 0 Å². The Bertz CT molecular complexity index is 261. The standard InChI is InChI=1S/C17H30O/c1-3-4-12(2)5-16(18)17-9-13-6-14(10-17)8-15(7-13)11-17/h12-16,18H,3-11H2,1-2H3. The van der Waals surface area contributed by atoms with Crippen LogP contribution in [0.5, 0.6) is 0 Å². The van der Waals surface area contributed by atoms with Crippen molar-refractivity contribution in [2.24, 2.45) is 29.1 Å². The molecule has 0 aromatic heterocycles. The van der Waals surface area contributed by atoms with Crippen molar-refractivity contribution in [1.29, 1.82) is 0 Å². The van der Waals surface area contributed by atoms with E-state index in [1.165, 1.54) is 51.4 Å². The van der Waals surface area contributed by atoms with Gasteiger partial charge in [-0.05, 0) is 74.0 Å². The van der Waals surface area contributed by atoms with Crippen molar-refractivity contribution in [1.82, 2.24) is 0 Å². The van der Waals surface area contributed by atoms with E-state index in [0.29, 0.717) is 11.3 Å². The Kier molecular flexibility index (Phi) is 3.47. The summed E-state index contributed by atoms with van der Waals surface area (Å²) < 4.78 is 0. The number of aliphatic hydroxyl groups is 1. The second-order valence-electron chi connectivity index (χ2n) is 7.93. The smallest absolute Gasteiger partial charge is 0.0599 e. The maximum atomic E-state index is 10.8. The number of hydrogen-bond acceptors (Lipinski definition) is 1. The minimum atomic E-state index is -0.00699. The molecule has 18 heavy (non-hydrogen) atoms. The van der Waals surface area contributed by atoms with Crippen molar-refractivity contribution in [3.8, 4) is 0 Å². The fourth-order valence-corrected chi connectivity index (χ4v) is 5.83. The predicted molar refractivity (Wildman–Crippen MR) is 75.3 cm³/mol. The lowest BCUT2D eigenvalue weighted by Crippen LogP contribution is -2.52. The summed E-state index contributed by atoms with van der Waals surface area (Å²) >= 11 is 0. The summed E-state index contributed by atoms with van der Waals surface area (Å²) in [5.41, 5.74) is 0.344. The monoisotopic (exact) mass is 250 g/mol. The van der Waals surface area contributed by atoms with Crippen LogP contribution >= 0.6 is 0 Å². The van der Waals surface area contributed by atoms with E-state index in [0.717, 1.165) is 24.2 Å². The Morgan fingerprint density at radius 3 is 2.00 bits per heavy atom. The van der Waals surface area contributed by atoms with Gasteiger partial charge < -0.3 is 5.11 Å². The SMILES string of the molecule is CCCC(C)CC(O)C12CC3CC(CC(C3)C1)C2. The summed E-state index contributed by atoms with van der Waals surface area (Å²) in [4.78, 5) is 0. The molecule has 4 bridgehead atoms. The quantitative estimate of drug-likeness (QED) is 0.767. The first-order chi connectivity index (χ1) is 8.61. The largest absolute Gasteiger partial charge is 0.393 e. The van der Waals surface area contributed by atoms with Crippen LogP contribution < -0.4 is 0 Å². The Hall–Kier alpha value is -0.0400. The van der Waals surface area contributed by atoms with Crippen molar-refractivity contribution in [2.45, 2.75) is 77.7 Å². The molecule has 0 heterocycles. The number of rotatable bonds is 5. The van der Waals surface area contributed by atoms with E-state index < -0.39 is 0 Å². The van der Waals surface area contributed by atoms with Crippen molar-refractivity contribution in [3.05, 3.63) is 0 Å². The van der Waals surface area contributed by atoms with Crippen LogP contribution in [0.3, 0.4) is 0 Å². The number of aliphatic hydroxyl groups excluding tert-OH is 1. The second kappa shape index (κ2) is 4.81. The molecule has 0 spiro atoms. The maximum Gasteiger partial charge on any atom is 0.0599 e. The van der Waals surface area contributed by atoms with E-state index in [4.69, 9.17) is 0 Å². The van der Waals surface area contributed by atoms with Gasteiger partial charge in [-0.25, -0.2) is 0 Å². The van der Waals surface area contributed by atoms with E-state index >= 15 is 0 Å². The lowest BCUT2D eigenvalue weighted by Gasteiger charge is -2.58. The Balaban J connectivity index is 1.67. The molecule has 4 rings (SSSR count). The van der Waals surface area contributed by atoms with Crippen molar-refractivity contribution in [2.75, 3.05) is 0 Å². The van der Waals surface area contributed by atoms with Crippen LogP contribution in [0.25, 0.3) is 0 Å². The van der Waals surface area contributed by atoms with Gasteiger partial charge in [0.15, 0.2) is 0 Å². The van der Waals surface area contributed by atoms with Crippen molar-refractivity contribution in [3.63, 3.8) is 0 Å². The van der Waals surface area contributed by atoms with Crippen LogP contribution in [0.2, 0.25) is 0 Å². The maximum absolute atomic E-state index is 10.8. The second-order valence-corrected chi connectivity index (χ2v) is 7.93. The third-order valence-electron chi connectivity index (χ3n) is 6.20. The molecule has 0 aromatic carbocycles. The molecule has 0 radical (unpaired) electrons. The summed E-state index contributed by atoms with van der Waals surface area (Å²) in [7, 11) is 0. The molecule has 0 aromatic rings. The normalized spacial score (nSPS) is 45.2. The lowest BCUT2D eigenvalue weighted by molar-refractivity contribution is -0.125. The van der Waals surface area contributed by atoms with Crippen LogP contribution in [0, 0.1) is 29.1 Å². The first kappa shape index (κ1) is 13.0. The molecule has 0 aliphatic heterocycles. The highest BCUT2D eigenvalue weighted by atomic mass is 16.3. The fraction of sp³-hybridized carbons (Fsp3) is 1.00. The van der Waals surface area contributed by atoms with E-state index in [-0.39, 0.29) is 6.10 Å². The molecule has 4 aliphatic carbocycles. The minimum absolute atomic E-state index is 0.00699. The predicted octanol–water partition coefficient (Wildman–Crippen LogP) is 4.39. The van der Waals surface area contributed by atoms with Gasteiger partial charge in [-0.15, -0.1) is 0 Å². The van der Waals surface area contributed by atoms with Crippen LogP contribution in [0.4, 0.5) is 0 Å². The molecular formula is C17H30O. The summed E-state index contributed by atoms with van der Waals surface area (Å²) in [6.07, 6.45) is 12.1. The van der Waals surface area contributed by atoms with Gasteiger partial charge in [0.2, 0.25) is 0 Å². The molecule has 4 fully saturated rings. The molecule has 0 saturated heterocycles. The van der Waals surface area contributed by atoms with Gasteiger partial charge in [-0.1, -0.05) is 26.7 Å². The summed E-state index contributed by atoms with van der Waals surface area (Å²) in [5.74, 6) is 3.60. The van der Waals surface area contributed by atoms with Crippen molar-refractivity contribution >= 4 is 0 Å². The van der Waals surface area contributed by atoms with Gasteiger partial charge in [0, 0.05) is 0 Å². The van der Waals surface area contributed by atoms with Gasteiger partial charge in [0.1, 0.15) is 0 Å². The molecule has 4 aliphatic rings. The molecule has 2 unspecified atom stereocenters. The molecule has 0 amide bonds. The van der Waals surface area contributed by atoms with Crippen LogP contribution in [0.15, 0.2) is 0 Å². The van der Waals surface area contributed by atoms with Gasteiger partial charge >= 0.3 is 0 Å². The average Bonchev–Trinajstić information content (AvgIpc) is 2.27. The first-order valence-electron chi connectivity index (χ1n) is 8.29. The molecule has 4 saturated carbocycles. The third kappa shape index (κ3) is 2.24. The molecule has 2 atom stereocenters. The number of hydrogen-bond donors (Lipinski definition) is 1. The molecule has 104 valence electrons. The van der Waals surface area contributed by atoms with E-state index in [1.807, 2.05) is 0 Å². The Morgan fingerprint density at radius 1 is 1.06 bits per heavy atom. The molecule has 1 N–H and O–H groups in total. The van der Waals surface area contributed by atoms with E-state index in [1.54, 1.807) is 0 Å². The van der Waals surface area contributed by atoms with E-state index in [9.17, 15) is 5.11 Å². The minimum Gasteiger partial charge on any atom is -0.393 e. The Labute approximate surface area is 112 Å². The average molecular weight is 250 g/mol. The zero-order valence-corrected chi connectivity index (χ0v) is 12.2. The highest BCUT2D eigenvalue weighted by Gasteiger charge is 2.53. The summed E-state index contributed by atoms with van der Waals surface area (Å²) in [6.45, 7) is 4.58. The van der Waals surface area contributed by atoms with Crippen molar-refractivity contribution < 1.29 is 5.11 Å². The lowest BCUT2D eigenvalue weighted by atomic mass is 9.47. The van der Waals surface area contributed by atoms with Gasteiger partial charge in [0.05, 0.1) is 6.10 Å². The summed E-state index contributed by atoms with van der Waals surface area (Å²) in [5, 5.41) is 10.8. The Morgan fingerprint density at radius 2 is 1.56 bits per heavy atom. The van der Waals surface area contributed by atoms with Gasteiger partial charge in [0.25, 0.3) is 0 Å². The van der Waals surface area contributed by atoms with Crippen LogP contribution in [0.1, 0.15) is 71.6 Å². The molecular weight excluding hydrogens is 220 g/mol. The van der Waals surface area contributed by atoms with Gasteiger partial charge in [-0.3, -0.25) is 0 Å². The fourth-order valence-electron chi connectivity index (χ4n) is 5.83. The van der Waals surface area contributed by atoms with Crippen LogP contribution in [-0.4, -0.2) is 11.2 Å². The summed E-state index contributed by atoms with van der Waals surface area (Å²) in [6, 6.07) is 0. The van der Waals surface area contributed by atoms with E-state index in [2.05, 4.69) is 13.8 Å². The highest BCUT2D eigenvalue weighted by Crippen LogP contribution is 2.61. The topological polar surface area (TPSA) is 20.2 Å². The zero-order valence-electron chi connectivity index (χ0n) is 12.2. The van der Waals surface area contributed by atoms with Crippen LogP contribution in [-0.2, 0) is 0 Å². The molecule has 1 heteroatoms. The first-order valence-corrected chi connectivity index (χ1v) is 8.29. The molecule has 1 nitrogen and oxygen atoms in total. The zero-order chi connectivity index (χ0) is 12.8. The highest BCUT2D eigenvalue weighted by molar-refractivity contribution is 5.04.